The quantitative estimate of drug-likeness (QED) is 0.765. The molecule has 90 valence electrons. The number of allylic oxidation sites excluding steroid dienone is 4. The maximum Gasteiger partial charge on any atom is -0.00943 e. The van der Waals surface area contributed by atoms with Gasteiger partial charge in [0.1, 0.15) is 0 Å². The molecule has 0 radical (unpaired) electrons. The third kappa shape index (κ3) is 10.7. The van der Waals surface area contributed by atoms with Gasteiger partial charge in [0.15, 0.2) is 0 Å². The van der Waals surface area contributed by atoms with Crippen molar-refractivity contribution < 1.29 is 0 Å². The molecule has 0 aliphatic carbocycles. The van der Waals surface area contributed by atoms with E-state index < -0.39 is 0 Å². The molecule has 1 rings (SSSR count). The third-order valence-electron chi connectivity index (χ3n) is 1.64. The third-order valence-corrected chi connectivity index (χ3v) is 1.64. The zero-order valence-electron chi connectivity index (χ0n) is 11.0. The molecule has 1 nitrogen and oxygen atoms in total. The van der Waals surface area contributed by atoms with Gasteiger partial charge in [-0.2, -0.15) is 0 Å². The Labute approximate surface area is 101 Å². The molecule has 0 aromatic heterocycles. The van der Waals surface area contributed by atoms with Crippen LogP contribution in [0.25, 0.3) is 0 Å². The largest absolute Gasteiger partial charge is 0.333 e. The van der Waals surface area contributed by atoms with Gasteiger partial charge in [0.25, 0.3) is 0 Å². The summed E-state index contributed by atoms with van der Waals surface area (Å²) in [6, 6.07) is 10.5. The molecule has 0 fully saturated rings. The van der Waals surface area contributed by atoms with Crippen LogP contribution in [0.3, 0.4) is 0 Å². The van der Waals surface area contributed by atoms with Crippen LogP contribution in [0.4, 0.5) is 0 Å². The van der Waals surface area contributed by atoms with E-state index >= 15 is 0 Å². The molecule has 1 aromatic rings. The smallest absolute Gasteiger partial charge is 0.00943 e. The molecule has 0 spiro atoms. The second-order valence-electron chi connectivity index (χ2n) is 2.64. The van der Waals surface area contributed by atoms with Crippen molar-refractivity contribution in [3.8, 4) is 0 Å². The molecule has 0 atom stereocenters. The van der Waals surface area contributed by atoms with E-state index in [0.29, 0.717) is 0 Å². The maximum atomic E-state index is 4.50. The summed E-state index contributed by atoms with van der Waals surface area (Å²) in [7, 11) is 1.50. The summed E-state index contributed by atoms with van der Waals surface area (Å²) in [4.78, 5) is 0. The summed E-state index contributed by atoms with van der Waals surface area (Å²) in [5, 5.41) is 0. The molecule has 1 aromatic carbocycles. The van der Waals surface area contributed by atoms with E-state index in [1.165, 1.54) is 12.6 Å². The van der Waals surface area contributed by atoms with E-state index in [1.54, 1.807) is 0 Å². The van der Waals surface area contributed by atoms with Crippen molar-refractivity contribution in [2.24, 2.45) is 5.73 Å². The van der Waals surface area contributed by atoms with Gasteiger partial charge < -0.3 is 5.73 Å². The molecule has 0 bridgehead atoms. The van der Waals surface area contributed by atoms with E-state index in [4.69, 9.17) is 0 Å². The van der Waals surface area contributed by atoms with Crippen LogP contribution in [-0.2, 0) is 6.42 Å². The monoisotopic (exact) mass is 219 g/mol. The standard InChI is InChI=1S/C12H14.C2H6.CH5N/c1-2-3-4-6-9-12-10-7-5-8-11-12;2*1-2/h2-8,10-11H,9H2,1H3;1-2H3;2H2,1H3/b3-2+,6-4-;;. The van der Waals surface area contributed by atoms with Gasteiger partial charge in [0.2, 0.25) is 0 Å². The molecule has 0 aliphatic heterocycles. The lowest BCUT2D eigenvalue weighted by molar-refractivity contribution is 1.27. The van der Waals surface area contributed by atoms with Gasteiger partial charge in [-0.15, -0.1) is 0 Å². The van der Waals surface area contributed by atoms with Gasteiger partial charge in [-0.25, -0.2) is 0 Å². The molecule has 1 heteroatoms. The van der Waals surface area contributed by atoms with Crippen LogP contribution in [0.2, 0.25) is 0 Å². The highest BCUT2D eigenvalue weighted by Crippen LogP contribution is 1.99. The van der Waals surface area contributed by atoms with Crippen LogP contribution in [0.15, 0.2) is 54.6 Å². The molecular formula is C15H25N. The normalized spacial score (nSPS) is 9.31. The minimum absolute atomic E-state index is 1.02. The van der Waals surface area contributed by atoms with E-state index in [-0.39, 0.29) is 0 Å². The first-order valence-electron chi connectivity index (χ1n) is 5.83. The Morgan fingerprint density at radius 2 is 1.56 bits per heavy atom. The van der Waals surface area contributed by atoms with Gasteiger partial charge in [-0.3, -0.25) is 0 Å². The zero-order valence-corrected chi connectivity index (χ0v) is 11.0. The Bertz CT molecular complexity index is 260. The average molecular weight is 219 g/mol. The molecule has 0 unspecified atom stereocenters. The highest BCUT2D eigenvalue weighted by Gasteiger charge is 1.83. The summed E-state index contributed by atoms with van der Waals surface area (Å²) in [6.07, 6.45) is 9.33. The summed E-state index contributed by atoms with van der Waals surface area (Å²) in [5.41, 5.74) is 5.86. The number of hydrogen-bond acceptors (Lipinski definition) is 1. The second-order valence-corrected chi connectivity index (χ2v) is 2.64. The van der Waals surface area contributed by atoms with Crippen LogP contribution in [-0.4, -0.2) is 7.05 Å². The Morgan fingerprint density at radius 3 is 2.06 bits per heavy atom. The fourth-order valence-electron chi connectivity index (χ4n) is 1.01. The van der Waals surface area contributed by atoms with Crippen LogP contribution in [0.5, 0.6) is 0 Å². The first-order chi connectivity index (χ1) is 7.93. The molecule has 0 saturated carbocycles. The molecule has 0 heterocycles. The maximum absolute atomic E-state index is 4.50. The lowest BCUT2D eigenvalue weighted by atomic mass is 10.1. The van der Waals surface area contributed by atoms with Gasteiger partial charge in [0.05, 0.1) is 0 Å². The summed E-state index contributed by atoms with van der Waals surface area (Å²) < 4.78 is 0. The molecule has 2 N–H and O–H groups in total. The number of rotatable bonds is 3. The predicted molar refractivity (Wildman–Crippen MR) is 75.6 cm³/mol. The van der Waals surface area contributed by atoms with Crippen LogP contribution in [0, 0.1) is 0 Å². The van der Waals surface area contributed by atoms with Crippen molar-refractivity contribution in [1.82, 2.24) is 0 Å². The summed E-state index contributed by atoms with van der Waals surface area (Å²) >= 11 is 0. The van der Waals surface area contributed by atoms with Crippen LogP contribution >= 0.6 is 0 Å². The van der Waals surface area contributed by atoms with Crippen molar-refractivity contribution >= 4 is 0 Å². The topological polar surface area (TPSA) is 26.0 Å². The first kappa shape index (κ1) is 17.1. The van der Waals surface area contributed by atoms with Crippen molar-refractivity contribution in [3.05, 3.63) is 60.2 Å². The SMILES string of the molecule is C/C=C/C=C\Cc1ccccc1.CC.CN. The van der Waals surface area contributed by atoms with Crippen LogP contribution < -0.4 is 5.73 Å². The molecule has 0 aliphatic rings. The number of hydrogen-bond donors (Lipinski definition) is 1. The van der Waals surface area contributed by atoms with Gasteiger partial charge >= 0.3 is 0 Å². The lowest BCUT2D eigenvalue weighted by Crippen LogP contribution is -1.77. The highest BCUT2D eigenvalue weighted by molar-refractivity contribution is 5.18. The fourth-order valence-corrected chi connectivity index (χ4v) is 1.01. The lowest BCUT2D eigenvalue weighted by Gasteiger charge is -1.92. The summed E-state index contributed by atoms with van der Waals surface area (Å²) in [6.45, 7) is 6.02. The van der Waals surface area contributed by atoms with Gasteiger partial charge in [-0.05, 0) is 26.0 Å². The fraction of sp³-hybridized carbons (Fsp3) is 0.333. The summed E-state index contributed by atoms with van der Waals surface area (Å²) in [5.74, 6) is 0. The van der Waals surface area contributed by atoms with E-state index in [9.17, 15) is 0 Å². The Hall–Kier alpha value is -1.34. The minimum atomic E-state index is 1.02. The van der Waals surface area contributed by atoms with Crippen LogP contribution in [0.1, 0.15) is 26.3 Å². The molecular weight excluding hydrogens is 194 g/mol. The molecule has 0 amide bonds. The minimum Gasteiger partial charge on any atom is -0.333 e. The Kier molecular flexibility index (Phi) is 17.2. The van der Waals surface area contributed by atoms with Gasteiger partial charge in [0, 0.05) is 0 Å². The van der Waals surface area contributed by atoms with Crippen molar-refractivity contribution in [2.75, 3.05) is 7.05 Å². The van der Waals surface area contributed by atoms with Gasteiger partial charge in [-0.1, -0.05) is 68.5 Å². The predicted octanol–water partition coefficient (Wildman–Crippen LogP) is 3.96. The van der Waals surface area contributed by atoms with E-state index in [1.807, 2.05) is 39.0 Å². The van der Waals surface area contributed by atoms with E-state index in [2.05, 4.69) is 42.2 Å². The second kappa shape index (κ2) is 16.1. The van der Waals surface area contributed by atoms with E-state index in [0.717, 1.165) is 6.42 Å². The van der Waals surface area contributed by atoms with Crippen molar-refractivity contribution in [2.45, 2.75) is 27.2 Å². The zero-order chi connectivity index (χ0) is 12.6. The Balaban J connectivity index is 0. The average Bonchev–Trinajstić information content (AvgIpc) is 2.41. The molecule has 16 heavy (non-hydrogen) atoms. The Morgan fingerprint density at radius 1 is 1.00 bits per heavy atom. The number of nitrogens with two attached hydrogens (primary N) is 1. The first-order valence-corrected chi connectivity index (χ1v) is 5.83. The van der Waals surface area contributed by atoms with Crippen molar-refractivity contribution in [3.63, 3.8) is 0 Å². The molecule has 0 saturated heterocycles. The highest BCUT2D eigenvalue weighted by atomic mass is 14.4. The number of benzene rings is 1. The van der Waals surface area contributed by atoms with Crippen molar-refractivity contribution in [1.29, 1.82) is 0 Å².